The zero-order valence-corrected chi connectivity index (χ0v) is 14.1. The van der Waals surface area contributed by atoms with Gasteiger partial charge in [0.05, 0.1) is 5.69 Å². The zero-order chi connectivity index (χ0) is 18.5. The van der Waals surface area contributed by atoms with E-state index in [0.717, 1.165) is 30.1 Å². The number of rotatable bonds is 3. The summed E-state index contributed by atoms with van der Waals surface area (Å²) < 4.78 is 40.5. The minimum absolute atomic E-state index is 0.00907. The molecule has 1 aromatic carbocycles. The van der Waals surface area contributed by atoms with Crippen LogP contribution in [0.5, 0.6) is 0 Å². The Balaban J connectivity index is 1.83. The molecule has 0 aliphatic heterocycles. The zero-order valence-electron chi connectivity index (χ0n) is 14.1. The first kappa shape index (κ1) is 16.8. The molecule has 26 heavy (non-hydrogen) atoms. The molecule has 0 spiro atoms. The van der Waals surface area contributed by atoms with E-state index in [9.17, 15) is 13.2 Å². The molecule has 3 aromatic rings. The number of H-pyrrole nitrogens is 1. The van der Waals surface area contributed by atoms with Crippen molar-refractivity contribution >= 4 is 16.9 Å². The van der Waals surface area contributed by atoms with Crippen molar-refractivity contribution in [3.8, 4) is 11.3 Å². The highest BCUT2D eigenvalue weighted by Crippen LogP contribution is 2.39. The van der Waals surface area contributed by atoms with Crippen LogP contribution in [0.15, 0.2) is 30.6 Å². The molecule has 4 rings (SSSR count). The van der Waals surface area contributed by atoms with E-state index in [2.05, 4.69) is 20.3 Å². The number of nitrogens with two attached hydrogens (primary N) is 1. The van der Waals surface area contributed by atoms with Gasteiger partial charge in [0, 0.05) is 40.9 Å². The lowest BCUT2D eigenvalue weighted by Crippen LogP contribution is -2.49. The smallest absolute Gasteiger partial charge is 0.360 e. The Morgan fingerprint density at radius 2 is 2.08 bits per heavy atom. The third-order valence-electron chi connectivity index (χ3n) is 4.83. The van der Waals surface area contributed by atoms with Gasteiger partial charge < -0.3 is 16.0 Å². The van der Waals surface area contributed by atoms with Gasteiger partial charge in [0.15, 0.2) is 0 Å². The molecule has 1 aliphatic rings. The summed E-state index contributed by atoms with van der Waals surface area (Å²) in [5, 5.41) is 3.73. The van der Waals surface area contributed by atoms with Gasteiger partial charge >= 0.3 is 6.18 Å². The SMILES string of the molecule is Cc1ccc2c(-c3nc(N[C@H]4CC[C@@H]4N)ncc3C(F)(F)F)c[nH]c2c1. The van der Waals surface area contributed by atoms with Crippen LogP contribution in [0.4, 0.5) is 19.1 Å². The number of benzene rings is 1. The van der Waals surface area contributed by atoms with Gasteiger partial charge in [-0.05, 0) is 31.4 Å². The highest BCUT2D eigenvalue weighted by atomic mass is 19.4. The third-order valence-corrected chi connectivity index (χ3v) is 4.83. The molecule has 2 aromatic heterocycles. The average molecular weight is 361 g/mol. The predicted molar refractivity (Wildman–Crippen MR) is 93.7 cm³/mol. The van der Waals surface area contributed by atoms with Gasteiger partial charge in [-0.3, -0.25) is 0 Å². The molecule has 1 aliphatic carbocycles. The first-order valence-electron chi connectivity index (χ1n) is 8.37. The van der Waals surface area contributed by atoms with E-state index in [0.29, 0.717) is 10.9 Å². The molecule has 2 atom stereocenters. The normalized spacial score (nSPS) is 20.2. The summed E-state index contributed by atoms with van der Waals surface area (Å²) in [6, 6.07) is 5.51. The van der Waals surface area contributed by atoms with E-state index in [1.807, 2.05) is 19.1 Å². The lowest BCUT2D eigenvalue weighted by Gasteiger charge is -2.34. The Morgan fingerprint density at radius 1 is 1.27 bits per heavy atom. The summed E-state index contributed by atoms with van der Waals surface area (Å²) >= 11 is 0. The number of aryl methyl sites for hydroxylation is 1. The van der Waals surface area contributed by atoms with Crippen LogP contribution in [0, 0.1) is 6.92 Å². The Morgan fingerprint density at radius 3 is 2.73 bits per heavy atom. The number of anilines is 1. The highest BCUT2D eigenvalue weighted by Gasteiger charge is 2.36. The largest absolute Gasteiger partial charge is 0.419 e. The Hall–Kier alpha value is -2.61. The number of fused-ring (bicyclic) bond motifs is 1. The topological polar surface area (TPSA) is 79.6 Å². The van der Waals surface area contributed by atoms with Gasteiger partial charge in [0.25, 0.3) is 0 Å². The predicted octanol–water partition coefficient (Wildman–Crippen LogP) is 3.85. The second kappa shape index (κ2) is 5.98. The maximum Gasteiger partial charge on any atom is 0.419 e. The van der Waals surface area contributed by atoms with Crippen LogP contribution >= 0.6 is 0 Å². The number of halogens is 3. The molecule has 2 heterocycles. The van der Waals surface area contributed by atoms with Crippen molar-refractivity contribution in [2.45, 2.75) is 38.0 Å². The van der Waals surface area contributed by atoms with Crippen LogP contribution in [0.2, 0.25) is 0 Å². The molecule has 0 bridgehead atoms. The number of aromatic amines is 1. The van der Waals surface area contributed by atoms with Crippen molar-refractivity contribution in [2.24, 2.45) is 5.73 Å². The minimum Gasteiger partial charge on any atom is -0.360 e. The van der Waals surface area contributed by atoms with Crippen LogP contribution in [0.1, 0.15) is 24.0 Å². The van der Waals surface area contributed by atoms with Gasteiger partial charge in [-0.15, -0.1) is 0 Å². The first-order chi connectivity index (χ1) is 12.3. The summed E-state index contributed by atoms with van der Waals surface area (Å²) in [6.07, 6.45) is -0.419. The molecule has 0 radical (unpaired) electrons. The molecule has 136 valence electrons. The van der Waals surface area contributed by atoms with Crippen molar-refractivity contribution < 1.29 is 13.2 Å². The lowest BCUT2D eigenvalue weighted by atomic mass is 9.87. The third kappa shape index (κ3) is 2.90. The van der Waals surface area contributed by atoms with Crippen molar-refractivity contribution in [1.82, 2.24) is 15.0 Å². The monoisotopic (exact) mass is 361 g/mol. The van der Waals surface area contributed by atoms with Crippen molar-refractivity contribution in [3.05, 3.63) is 41.7 Å². The summed E-state index contributed by atoms with van der Waals surface area (Å²) in [6.45, 7) is 1.93. The van der Waals surface area contributed by atoms with Crippen LogP contribution in [-0.2, 0) is 6.18 Å². The van der Waals surface area contributed by atoms with Gasteiger partial charge in [0.2, 0.25) is 5.95 Å². The fourth-order valence-electron chi connectivity index (χ4n) is 3.17. The van der Waals surface area contributed by atoms with E-state index in [-0.39, 0.29) is 23.7 Å². The van der Waals surface area contributed by atoms with E-state index in [4.69, 9.17) is 5.73 Å². The quantitative estimate of drug-likeness (QED) is 0.662. The van der Waals surface area contributed by atoms with E-state index in [1.54, 1.807) is 12.3 Å². The molecule has 0 saturated heterocycles. The van der Waals surface area contributed by atoms with Gasteiger partial charge in [-0.25, -0.2) is 9.97 Å². The summed E-state index contributed by atoms with van der Waals surface area (Å²) in [5.41, 5.74) is 7.07. The Kier molecular flexibility index (Phi) is 3.87. The summed E-state index contributed by atoms with van der Waals surface area (Å²) in [4.78, 5) is 11.1. The second-order valence-electron chi connectivity index (χ2n) is 6.70. The number of hydrogen-bond acceptors (Lipinski definition) is 4. The fraction of sp³-hybridized carbons (Fsp3) is 0.333. The molecule has 5 nitrogen and oxygen atoms in total. The van der Waals surface area contributed by atoms with Crippen LogP contribution in [0.25, 0.3) is 22.2 Å². The van der Waals surface area contributed by atoms with E-state index in [1.165, 1.54) is 0 Å². The molecule has 1 saturated carbocycles. The van der Waals surface area contributed by atoms with Crippen LogP contribution in [0.3, 0.4) is 0 Å². The van der Waals surface area contributed by atoms with Gasteiger partial charge in [0.1, 0.15) is 5.56 Å². The fourth-order valence-corrected chi connectivity index (χ4v) is 3.17. The van der Waals surface area contributed by atoms with Gasteiger partial charge in [-0.2, -0.15) is 13.2 Å². The number of nitrogens with one attached hydrogen (secondary N) is 2. The molecular weight excluding hydrogens is 343 g/mol. The first-order valence-corrected chi connectivity index (χ1v) is 8.37. The second-order valence-corrected chi connectivity index (χ2v) is 6.70. The van der Waals surface area contributed by atoms with Crippen LogP contribution < -0.4 is 11.1 Å². The summed E-state index contributed by atoms with van der Waals surface area (Å²) in [7, 11) is 0. The maximum atomic E-state index is 13.5. The van der Waals surface area contributed by atoms with Crippen molar-refractivity contribution in [3.63, 3.8) is 0 Å². The van der Waals surface area contributed by atoms with E-state index < -0.39 is 11.7 Å². The highest BCUT2D eigenvalue weighted by molar-refractivity contribution is 5.95. The standard InChI is InChI=1S/C18H18F3N5/c1-9-2-3-10-11(7-23-15(10)6-9)16-12(18(19,20)21)8-24-17(26-16)25-14-5-4-13(14)22/h2-3,6-8,13-14,23H,4-5,22H2,1H3,(H,24,25,26)/t13-,14-/m0/s1. The number of nitrogens with zero attached hydrogens (tertiary/aromatic N) is 2. The van der Waals surface area contributed by atoms with Crippen molar-refractivity contribution in [1.29, 1.82) is 0 Å². The van der Waals surface area contributed by atoms with Gasteiger partial charge in [-0.1, -0.05) is 12.1 Å². The Bertz CT molecular complexity index is 963. The molecule has 0 amide bonds. The summed E-state index contributed by atoms with van der Waals surface area (Å²) in [5.74, 6) is 0.162. The molecule has 4 N–H and O–H groups in total. The number of hydrogen-bond donors (Lipinski definition) is 3. The molecule has 0 unspecified atom stereocenters. The lowest BCUT2D eigenvalue weighted by molar-refractivity contribution is -0.137. The average Bonchev–Trinajstić information content (AvgIpc) is 3.00. The van der Waals surface area contributed by atoms with Crippen LogP contribution in [-0.4, -0.2) is 27.0 Å². The Labute approximate surface area is 147 Å². The maximum absolute atomic E-state index is 13.5. The molecule has 1 fully saturated rings. The number of aromatic nitrogens is 3. The van der Waals surface area contributed by atoms with Crippen molar-refractivity contribution in [2.75, 3.05) is 5.32 Å². The molecular formula is C18H18F3N5. The molecule has 8 heteroatoms. The van der Waals surface area contributed by atoms with E-state index >= 15 is 0 Å². The minimum atomic E-state index is -4.55. The number of alkyl halides is 3.